The second-order valence-electron chi connectivity index (χ2n) is 7.76. The van der Waals surface area contributed by atoms with E-state index >= 15 is 0 Å². The summed E-state index contributed by atoms with van der Waals surface area (Å²) in [6.45, 7) is 6.61. The van der Waals surface area contributed by atoms with Gasteiger partial charge in [-0.3, -0.25) is 4.79 Å². The van der Waals surface area contributed by atoms with Crippen molar-refractivity contribution in [2.24, 2.45) is 0 Å². The molecule has 0 radical (unpaired) electrons. The molecular formula is C22H26N2O3. The van der Waals surface area contributed by atoms with Crippen LogP contribution < -0.4 is 4.90 Å². The zero-order valence-corrected chi connectivity index (χ0v) is 16.1. The summed E-state index contributed by atoms with van der Waals surface area (Å²) < 4.78 is 5.46. The second kappa shape index (κ2) is 7.82. The maximum Gasteiger partial charge on any atom is 0.410 e. The van der Waals surface area contributed by atoms with Crippen LogP contribution in [0.4, 0.5) is 10.5 Å². The number of hydrogen-bond acceptors (Lipinski definition) is 3. The number of nitrogens with zero attached hydrogens (tertiary/aromatic N) is 2. The van der Waals surface area contributed by atoms with Crippen LogP contribution in [-0.2, 0) is 9.53 Å². The van der Waals surface area contributed by atoms with E-state index in [9.17, 15) is 9.59 Å². The first-order chi connectivity index (χ1) is 12.9. The summed E-state index contributed by atoms with van der Waals surface area (Å²) in [6.07, 6.45) is 1.26. The Bertz CT molecular complexity index is 799. The molecule has 3 rings (SSSR count). The van der Waals surface area contributed by atoms with E-state index in [0.717, 1.165) is 29.6 Å². The fraction of sp³-hybridized carbons (Fsp3) is 0.364. The van der Waals surface area contributed by atoms with Gasteiger partial charge in [0.25, 0.3) is 0 Å². The van der Waals surface area contributed by atoms with Crippen LogP contribution in [0.1, 0.15) is 27.2 Å². The van der Waals surface area contributed by atoms with E-state index in [1.165, 1.54) is 0 Å². The van der Waals surface area contributed by atoms with Crippen LogP contribution in [0.3, 0.4) is 0 Å². The van der Waals surface area contributed by atoms with Gasteiger partial charge in [0.1, 0.15) is 5.60 Å². The average molecular weight is 366 g/mol. The number of hydrogen-bond donors (Lipinski definition) is 0. The molecule has 0 bridgehead atoms. The maximum atomic E-state index is 12.3. The lowest BCUT2D eigenvalue weighted by atomic mass is 10.0. The van der Waals surface area contributed by atoms with Gasteiger partial charge in [-0.05, 0) is 38.8 Å². The molecule has 1 aliphatic heterocycles. The van der Waals surface area contributed by atoms with Crippen molar-refractivity contribution in [3.63, 3.8) is 0 Å². The summed E-state index contributed by atoms with van der Waals surface area (Å²) in [4.78, 5) is 27.7. The fourth-order valence-corrected chi connectivity index (χ4v) is 3.36. The fourth-order valence-electron chi connectivity index (χ4n) is 3.36. The third-order valence-electron chi connectivity index (χ3n) is 4.59. The Balaban J connectivity index is 1.81. The van der Waals surface area contributed by atoms with Gasteiger partial charge < -0.3 is 14.5 Å². The lowest BCUT2D eigenvalue weighted by Gasteiger charge is -2.28. The van der Waals surface area contributed by atoms with Crippen molar-refractivity contribution in [1.82, 2.24) is 4.90 Å². The highest BCUT2D eigenvalue weighted by molar-refractivity contribution is 5.88. The molecule has 5 heteroatoms. The predicted molar refractivity (Wildman–Crippen MR) is 107 cm³/mol. The van der Waals surface area contributed by atoms with Crippen molar-refractivity contribution >= 4 is 18.2 Å². The van der Waals surface area contributed by atoms with Crippen LogP contribution in [0.5, 0.6) is 0 Å². The molecule has 1 saturated heterocycles. The summed E-state index contributed by atoms with van der Waals surface area (Å²) in [5.74, 6) is 0. The molecule has 1 unspecified atom stereocenters. The van der Waals surface area contributed by atoms with Gasteiger partial charge in [0.15, 0.2) is 0 Å². The highest BCUT2D eigenvalue weighted by Crippen LogP contribution is 2.33. The standard InChI is InChI=1S/C22H26N2O3/c1-22(2,3)27-21(26)23-14-13-18(15-23)24(16-25)20-12-8-7-11-19(20)17-9-5-4-6-10-17/h4-12,16,18H,13-15H2,1-3H3. The minimum absolute atomic E-state index is 0.0696. The Morgan fingerprint density at radius 1 is 1.11 bits per heavy atom. The van der Waals surface area contributed by atoms with Crippen molar-refractivity contribution < 1.29 is 14.3 Å². The van der Waals surface area contributed by atoms with E-state index in [4.69, 9.17) is 4.74 Å². The van der Waals surface area contributed by atoms with E-state index in [0.29, 0.717) is 13.1 Å². The predicted octanol–water partition coefficient (Wildman–Crippen LogP) is 4.33. The summed E-state index contributed by atoms with van der Waals surface area (Å²) >= 11 is 0. The quantitative estimate of drug-likeness (QED) is 0.757. The topological polar surface area (TPSA) is 49.9 Å². The molecular weight excluding hydrogens is 340 g/mol. The molecule has 0 spiro atoms. The number of anilines is 1. The Kier molecular flexibility index (Phi) is 5.49. The van der Waals surface area contributed by atoms with Crippen LogP contribution in [0.15, 0.2) is 54.6 Å². The molecule has 5 nitrogen and oxygen atoms in total. The molecule has 27 heavy (non-hydrogen) atoms. The summed E-state index contributed by atoms with van der Waals surface area (Å²) in [5, 5.41) is 0. The number of likely N-dealkylation sites (tertiary alicyclic amines) is 1. The van der Waals surface area contributed by atoms with Crippen LogP contribution in [0, 0.1) is 0 Å². The minimum Gasteiger partial charge on any atom is -0.444 e. The monoisotopic (exact) mass is 366 g/mol. The van der Waals surface area contributed by atoms with E-state index in [1.807, 2.05) is 75.4 Å². The van der Waals surface area contributed by atoms with Crippen LogP contribution in [0.25, 0.3) is 11.1 Å². The summed E-state index contributed by atoms with van der Waals surface area (Å²) in [5.41, 5.74) is 2.39. The Hall–Kier alpha value is -2.82. The number of para-hydroxylation sites is 1. The Morgan fingerprint density at radius 3 is 2.44 bits per heavy atom. The molecule has 2 aromatic rings. The molecule has 2 aromatic carbocycles. The summed E-state index contributed by atoms with van der Waals surface area (Å²) in [7, 11) is 0. The molecule has 0 saturated carbocycles. The highest BCUT2D eigenvalue weighted by Gasteiger charge is 2.33. The van der Waals surface area contributed by atoms with Crippen molar-refractivity contribution in [2.75, 3.05) is 18.0 Å². The van der Waals surface area contributed by atoms with E-state index in [2.05, 4.69) is 0 Å². The maximum absolute atomic E-state index is 12.3. The van der Waals surface area contributed by atoms with Gasteiger partial charge in [-0.2, -0.15) is 0 Å². The van der Waals surface area contributed by atoms with Gasteiger partial charge in [-0.25, -0.2) is 4.79 Å². The van der Waals surface area contributed by atoms with Gasteiger partial charge in [0.05, 0.1) is 11.7 Å². The Morgan fingerprint density at radius 2 is 1.78 bits per heavy atom. The molecule has 1 heterocycles. The third kappa shape index (κ3) is 4.48. The first kappa shape index (κ1) is 19.0. The average Bonchev–Trinajstić information content (AvgIpc) is 3.12. The van der Waals surface area contributed by atoms with Crippen LogP contribution in [-0.4, -0.2) is 42.1 Å². The van der Waals surface area contributed by atoms with Crippen LogP contribution in [0.2, 0.25) is 0 Å². The van der Waals surface area contributed by atoms with E-state index < -0.39 is 5.60 Å². The highest BCUT2D eigenvalue weighted by atomic mass is 16.6. The number of amides is 2. The van der Waals surface area contributed by atoms with Gasteiger partial charge >= 0.3 is 6.09 Å². The molecule has 1 atom stereocenters. The third-order valence-corrected chi connectivity index (χ3v) is 4.59. The lowest BCUT2D eigenvalue weighted by Crippen LogP contribution is -2.40. The summed E-state index contributed by atoms with van der Waals surface area (Å²) in [6, 6.07) is 17.8. The number of carbonyl (C=O) groups excluding carboxylic acids is 2. The zero-order chi connectivity index (χ0) is 19.4. The Labute approximate surface area is 160 Å². The van der Waals surface area contributed by atoms with Crippen molar-refractivity contribution in [1.29, 1.82) is 0 Å². The van der Waals surface area contributed by atoms with Crippen LogP contribution >= 0.6 is 0 Å². The zero-order valence-electron chi connectivity index (χ0n) is 16.1. The first-order valence-corrected chi connectivity index (χ1v) is 9.25. The molecule has 0 aliphatic carbocycles. The lowest BCUT2D eigenvalue weighted by molar-refractivity contribution is -0.107. The molecule has 0 N–H and O–H groups in total. The number of ether oxygens (including phenoxy) is 1. The molecule has 1 aliphatic rings. The molecule has 0 aromatic heterocycles. The van der Waals surface area contributed by atoms with Crippen molar-refractivity contribution in [2.45, 2.75) is 38.8 Å². The SMILES string of the molecule is CC(C)(C)OC(=O)N1CCC(N(C=O)c2ccccc2-c2ccccc2)C1. The van der Waals surface area contributed by atoms with Gasteiger partial charge in [-0.15, -0.1) is 0 Å². The van der Waals surface area contributed by atoms with Gasteiger partial charge in [0.2, 0.25) is 6.41 Å². The van der Waals surface area contributed by atoms with E-state index in [1.54, 1.807) is 9.80 Å². The molecule has 142 valence electrons. The molecule has 1 fully saturated rings. The number of carbonyl (C=O) groups is 2. The smallest absolute Gasteiger partial charge is 0.410 e. The number of benzene rings is 2. The van der Waals surface area contributed by atoms with Gasteiger partial charge in [0, 0.05) is 18.7 Å². The van der Waals surface area contributed by atoms with E-state index in [-0.39, 0.29) is 12.1 Å². The van der Waals surface area contributed by atoms with Crippen molar-refractivity contribution in [3.8, 4) is 11.1 Å². The van der Waals surface area contributed by atoms with Gasteiger partial charge in [-0.1, -0.05) is 48.5 Å². The molecule has 2 amide bonds. The minimum atomic E-state index is -0.528. The first-order valence-electron chi connectivity index (χ1n) is 9.25. The van der Waals surface area contributed by atoms with Crippen molar-refractivity contribution in [3.05, 3.63) is 54.6 Å². The largest absolute Gasteiger partial charge is 0.444 e. The normalized spacial score (nSPS) is 16.9. The number of rotatable bonds is 4. The second-order valence-corrected chi connectivity index (χ2v) is 7.76.